The van der Waals surface area contributed by atoms with Gasteiger partial charge in [0.05, 0.1) is 30.2 Å². The predicted octanol–water partition coefficient (Wildman–Crippen LogP) is 4.77. The summed E-state index contributed by atoms with van der Waals surface area (Å²) in [6.07, 6.45) is -0.898. The van der Waals surface area contributed by atoms with E-state index in [1.807, 2.05) is 37.3 Å². The average molecular weight is 560 g/mol. The molecule has 2 aromatic rings. The fraction of sp³-hybridized carbons (Fsp3) is 0.517. The van der Waals surface area contributed by atoms with E-state index in [-0.39, 0.29) is 36.7 Å². The van der Waals surface area contributed by atoms with E-state index in [0.29, 0.717) is 18.6 Å². The maximum atomic E-state index is 13.9. The van der Waals surface area contributed by atoms with Crippen LogP contribution in [0.2, 0.25) is 0 Å². The number of carbonyl (C=O) groups is 1. The fourth-order valence-corrected chi connectivity index (χ4v) is 6.19. The molecule has 9 nitrogen and oxygen atoms in total. The van der Waals surface area contributed by atoms with E-state index in [1.165, 1.54) is 28.4 Å². The van der Waals surface area contributed by atoms with Gasteiger partial charge in [-0.3, -0.25) is 4.90 Å². The predicted molar refractivity (Wildman–Crippen MR) is 150 cm³/mol. The minimum atomic E-state index is -4.07. The molecule has 3 atom stereocenters. The molecule has 0 bridgehead atoms. The molecule has 1 unspecified atom stereocenters. The Morgan fingerprint density at radius 3 is 2.18 bits per heavy atom. The van der Waals surface area contributed by atoms with E-state index in [1.54, 1.807) is 32.9 Å². The summed E-state index contributed by atoms with van der Waals surface area (Å²) in [5.74, 6) is 0.391. The highest BCUT2D eigenvalue weighted by molar-refractivity contribution is 7.89. The van der Waals surface area contributed by atoms with E-state index in [2.05, 4.69) is 6.07 Å². The summed E-state index contributed by atoms with van der Waals surface area (Å²) in [4.78, 5) is 13.7. The summed E-state index contributed by atoms with van der Waals surface area (Å²) in [5.41, 5.74) is -0.0351. The number of hydrogen-bond acceptors (Lipinski definition) is 6. The summed E-state index contributed by atoms with van der Waals surface area (Å²) in [7, 11) is -2.58. The lowest BCUT2D eigenvalue weighted by Crippen LogP contribution is -2.58. The molecule has 0 fully saturated rings. The van der Waals surface area contributed by atoms with Crippen molar-refractivity contribution in [2.75, 3.05) is 20.2 Å². The number of aliphatic hydroxyl groups excluding tert-OH is 1. The molecular formula is C29H41N3O6S. The molecular weight excluding hydrogens is 518 g/mol. The molecule has 0 saturated carbocycles. The maximum absolute atomic E-state index is 13.9. The quantitative estimate of drug-likeness (QED) is 0.341. The Kier molecular flexibility index (Phi) is 11.8. The molecule has 0 saturated heterocycles. The third kappa shape index (κ3) is 8.95. The lowest BCUT2D eigenvalue weighted by Gasteiger charge is -2.42. The minimum absolute atomic E-state index is 0.0381. The number of rotatable bonds is 14. The van der Waals surface area contributed by atoms with Crippen molar-refractivity contribution in [3.63, 3.8) is 0 Å². The van der Waals surface area contributed by atoms with Crippen LogP contribution >= 0.6 is 0 Å². The molecule has 2 rings (SSSR count). The van der Waals surface area contributed by atoms with Gasteiger partial charge < -0.3 is 14.9 Å². The van der Waals surface area contributed by atoms with Gasteiger partial charge in [0.25, 0.3) is 0 Å². The fourth-order valence-electron chi connectivity index (χ4n) is 4.66. The molecule has 2 N–H and O–H groups in total. The van der Waals surface area contributed by atoms with Gasteiger partial charge in [0, 0.05) is 25.0 Å². The lowest BCUT2D eigenvalue weighted by atomic mass is 9.94. The van der Waals surface area contributed by atoms with Crippen molar-refractivity contribution < 1.29 is 28.2 Å². The highest BCUT2D eigenvalue weighted by Crippen LogP contribution is 2.27. The number of ether oxygens (including phenoxy) is 1. The summed E-state index contributed by atoms with van der Waals surface area (Å²) in [6, 6.07) is 16.4. The first-order valence-electron chi connectivity index (χ1n) is 13.1. The Morgan fingerprint density at radius 2 is 1.69 bits per heavy atom. The number of sulfonamides is 1. The van der Waals surface area contributed by atoms with E-state index < -0.39 is 33.8 Å². The van der Waals surface area contributed by atoms with E-state index >= 15 is 0 Å². The number of methoxy groups -OCH3 is 1. The van der Waals surface area contributed by atoms with Crippen molar-refractivity contribution in [3.05, 3.63) is 60.2 Å². The number of aliphatic hydroxyl groups is 1. The summed E-state index contributed by atoms with van der Waals surface area (Å²) in [5, 5.41) is 30.8. The van der Waals surface area contributed by atoms with Crippen LogP contribution in [-0.4, -0.2) is 71.8 Å². The van der Waals surface area contributed by atoms with Crippen molar-refractivity contribution in [2.45, 2.75) is 76.0 Å². The van der Waals surface area contributed by atoms with Crippen LogP contribution in [0.25, 0.3) is 0 Å². The number of nitrogens with zero attached hydrogens (tertiary/aromatic N) is 3. The molecule has 0 aliphatic carbocycles. The van der Waals surface area contributed by atoms with Crippen LogP contribution in [0.5, 0.6) is 5.75 Å². The highest BCUT2D eigenvalue weighted by atomic mass is 32.2. The van der Waals surface area contributed by atoms with Gasteiger partial charge in [-0.1, -0.05) is 43.7 Å². The van der Waals surface area contributed by atoms with Crippen LogP contribution in [-0.2, 0) is 16.4 Å². The Labute approximate surface area is 232 Å². The molecule has 0 aliphatic heterocycles. The molecule has 0 aromatic heterocycles. The van der Waals surface area contributed by atoms with Crippen molar-refractivity contribution >= 4 is 16.1 Å². The Hall–Kier alpha value is -3.13. The first kappa shape index (κ1) is 32.1. The molecule has 0 spiro atoms. The third-order valence-corrected chi connectivity index (χ3v) is 8.63. The lowest BCUT2D eigenvalue weighted by molar-refractivity contribution is 0.000195. The molecule has 10 heteroatoms. The van der Waals surface area contributed by atoms with E-state index in [0.717, 1.165) is 5.56 Å². The summed E-state index contributed by atoms with van der Waals surface area (Å²) in [6.45, 7) is 6.94. The van der Waals surface area contributed by atoms with Crippen LogP contribution in [0.4, 0.5) is 4.79 Å². The monoisotopic (exact) mass is 559 g/mol. The van der Waals surface area contributed by atoms with Gasteiger partial charge in [-0.05, 0) is 69.4 Å². The number of amides is 1. The van der Waals surface area contributed by atoms with Gasteiger partial charge in [0.15, 0.2) is 0 Å². The zero-order chi connectivity index (χ0) is 29.2. The molecule has 2 aromatic carbocycles. The van der Waals surface area contributed by atoms with Gasteiger partial charge in [0.1, 0.15) is 5.75 Å². The van der Waals surface area contributed by atoms with Crippen molar-refractivity contribution in [1.82, 2.24) is 9.21 Å². The highest BCUT2D eigenvalue weighted by Gasteiger charge is 2.39. The Bertz CT molecular complexity index is 1190. The molecule has 0 aliphatic rings. The molecule has 39 heavy (non-hydrogen) atoms. The summed E-state index contributed by atoms with van der Waals surface area (Å²) < 4.78 is 34.1. The number of hydrogen-bond donors (Lipinski definition) is 2. The SMILES string of the molecule is CCC(CCC#N)CN(C[C@@H](O)[C@H](Cc1ccccc1)N(C(=O)O)C(C)(C)C)S(=O)(=O)c1ccc(OC)cc1. The largest absolute Gasteiger partial charge is 0.497 e. The van der Waals surface area contributed by atoms with E-state index in [4.69, 9.17) is 10.00 Å². The van der Waals surface area contributed by atoms with Crippen LogP contribution < -0.4 is 4.74 Å². The molecule has 1 amide bonds. The van der Waals surface area contributed by atoms with Crippen molar-refractivity contribution in [2.24, 2.45) is 5.92 Å². The van der Waals surface area contributed by atoms with Crippen LogP contribution in [0, 0.1) is 17.2 Å². The second-order valence-corrected chi connectivity index (χ2v) is 12.6. The van der Waals surface area contributed by atoms with Gasteiger partial charge in [0.2, 0.25) is 10.0 Å². The third-order valence-electron chi connectivity index (χ3n) is 6.78. The Morgan fingerprint density at radius 1 is 1.08 bits per heavy atom. The molecule has 0 heterocycles. The first-order chi connectivity index (χ1) is 18.3. The second kappa shape index (κ2) is 14.3. The minimum Gasteiger partial charge on any atom is -0.497 e. The maximum Gasteiger partial charge on any atom is 0.408 e. The second-order valence-electron chi connectivity index (χ2n) is 10.6. The van der Waals surface area contributed by atoms with Crippen LogP contribution in [0.3, 0.4) is 0 Å². The Balaban J connectivity index is 2.52. The molecule has 0 radical (unpaired) electrons. The van der Waals surface area contributed by atoms with Crippen LogP contribution in [0.15, 0.2) is 59.5 Å². The van der Waals surface area contributed by atoms with Crippen LogP contribution in [0.1, 0.15) is 52.5 Å². The zero-order valence-electron chi connectivity index (χ0n) is 23.4. The number of benzene rings is 2. The number of nitriles is 1. The van der Waals surface area contributed by atoms with Gasteiger partial charge in [-0.2, -0.15) is 9.57 Å². The van der Waals surface area contributed by atoms with Crippen molar-refractivity contribution in [3.8, 4) is 11.8 Å². The standard InChI is InChI=1S/C29H41N3O6S/c1-6-22(13-10-18-30)20-31(39(36,37)25-16-14-24(38-5)15-17-25)21-27(33)26(19-23-11-8-7-9-12-23)32(28(34)35)29(2,3)4/h7-9,11-12,14-17,22,26-27,33H,6,10,13,19-21H2,1-5H3,(H,34,35)/t22?,26-,27+/m0/s1. The van der Waals surface area contributed by atoms with Crippen molar-refractivity contribution in [1.29, 1.82) is 5.26 Å². The number of carboxylic acid groups (broad SMARTS) is 1. The topological polar surface area (TPSA) is 131 Å². The van der Waals surface area contributed by atoms with Gasteiger partial charge >= 0.3 is 6.09 Å². The smallest absolute Gasteiger partial charge is 0.408 e. The van der Waals surface area contributed by atoms with Gasteiger partial charge in [-0.25, -0.2) is 13.2 Å². The first-order valence-corrected chi connectivity index (χ1v) is 14.5. The van der Waals surface area contributed by atoms with Gasteiger partial charge in [-0.15, -0.1) is 0 Å². The van der Waals surface area contributed by atoms with E-state index in [9.17, 15) is 23.4 Å². The average Bonchev–Trinajstić information content (AvgIpc) is 2.89. The molecule has 214 valence electrons. The zero-order valence-corrected chi connectivity index (χ0v) is 24.3. The summed E-state index contributed by atoms with van der Waals surface area (Å²) >= 11 is 0. The normalized spacial score (nSPS) is 14.3.